The van der Waals surface area contributed by atoms with E-state index in [1.807, 2.05) is 31.2 Å². The molecule has 0 saturated heterocycles. The van der Waals surface area contributed by atoms with E-state index >= 15 is 0 Å². The highest BCUT2D eigenvalue weighted by Gasteiger charge is 2.23. The molecule has 0 spiro atoms. The first kappa shape index (κ1) is 15.9. The van der Waals surface area contributed by atoms with Gasteiger partial charge in [0, 0.05) is 34.3 Å². The fourth-order valence-corrected chi connectivity index (χ4v) is 2.56. The Hall–Kier alpha value is -1.46. The van der Waals surface area contributed by atoms with Crippen LogP contribution in [0.5, 0.6) is 5.75 Å². The van der Waals surface area contributed by atoms with Crippen molar-refractivity contribution in [2.45, 2.75) is 25.5 Å². The molecular formula is C16H16BrF2NO. The Morgan fingerprint density at radius 3 is 2.33 bits per heavy atom. The Labute approximate surface area is 131 Å². The normalized spacial score (nSPS) is 13.8. The van der Waals surface area contributed by atoms with E-state index in [0.717, 1.165) is 28.2 Å². The number of nitrogens with two attached hydrogens (primary N) is 1. The van der Waals surface area contributed by atoms with Gasteiger partial charge in [-0.1, -0.05) is 41.1 Å². The summed E-state index contributed by atoms with van der Waals surface area (Å²) in [5.74, 6) is -1.24. The molecule has 2 atom stereocenters. The van der Waals surface area contributed by atoms with Gasteiger partial charge in [-0.2, -0.15) is 0 Å². The third-order valence-corrected chi connectivity index (χ3v) is 3.89. The van der Waals surface area contributed by atoms with Crippen molar-refractivity contribution in [1.82, 2.24) is 0 Å². The van der Waals surface area contributed by atoms with Crippen LogP contribution in [-0.2, 0) is 0 Å². The predicted molar refractivity (Wildman–Crippen MR) is 82.1 cm³/mol. The van der Waals surface area contributed by atoms with Crippen LogP contribution in [-0.4, -0.2) is 6.04 Å². The highest BCUT2D eigenvalue weighted by Crippen LogP contribution is 2.31. The van der Waals surface area contributed by atoms with Crippen molar-refractivity contribution in [3.05, 3.63) is 64.1 Å². The molecule has 0 aromatic heterocycles. The van der Waals surface area contributed by atoms with Gasteiger partial charge in [0.25, 0.3) is 0 Å². The van der Waals surface area contributed by atoms with E-state index in [1.165, 1.54) is 0 Å². The molecule has 0 amide bonds. The topological polar surface area (TPSA) is 35.2 Å². The molecule has 0 aliphatic heterocycles. The van der Waals surface area contributed by atoms with Gasteiger partial charge in [-0.15, -0.1) is 0 Å². The van der Waals surface area contributed by atoms with Crippen molar-refractivity contribution in [1.29, 1.82) is 0 Å². The highest BCUT2D eigenvalue weighted by molar-refractivity contribution is 9.10. The summed E-state index contributed by atoms with van der Waals surface area (Å²) in [6, 6.07) is 10.3. The van der Waals surface area contributed by atoms with Crippen LogP contribution in [0.15, 0.2) is 46.9 Å². The van der Waals surface area contributed by atoms with Crippen LogP contribution in [0.25, 0.3) is 0 Å². The standard InChI is InChI=1S/C16H16BrF2NO/c1-2-15(20)16(13-5-3-4-6-14(13)17)21-12-8-10(18)7-11(19)9-12/h3-9,15-16H,2,20H2,1H3. The predicted octanol–water partition coefficient (Wildman–Crippen LogP) is 4.58. The molecule has 0 fully saturated rings. The molecular weight excluding hydrogens is 340 g/mol. The first-order valence-corrected chi connectivity index (χ1v) is 7.43. The van der Waals surface area contributed by atoms with Gasteiger partial charge >= 0.3 is 0 Å². The average molecular weight is 356 g/mol. The zero-order valence-electron chi connectivity index (χ0n) is 11.5. The summed E-state index contributed by atoms with van der Waals surface area (Å²) in [5.41, 5.74) is 6.95. The summed E-state index contributed by atoms with van der Waals surface area (Å²) in [4.78, 5) is 0. The average Bonchev–Trinajstić information content (AvgIpc) is 2.44. The van der Waals surface area contributed by atoms with Gasteiger partial charge in [-0.3, -0.25) is 0 Å². The number of rotatable bonds is 5. The van der Waals surface area contributed by atoms with Gasteiger partial charge in [0.05, 0.1) is 0 Å². The van der Waals surface area contributed by atoms with Crippen LogP contribution in [0.1, 0.15) is 25.0 Å². The van der Waals surface area contributed by atoms with Gasteiger partial charge in [0.2, 0.25) is 0 Å². The number of ether oxygens (including phenoxy) is 1. The third-order valence-electron chi connectivity index (χ3n) is 3.17. The largest absolute Gasteiger partial charge is 0.484 e. The zero-order valence-corrected chi connectivity index (χ0v) is 13.1. The second-order valence-corrected chi connectivity index (χ2v) is 5.59. The first-order valence-electron chi connectivity index (χ1n) is 6.64. The lowest BCUT2D eigenvalue weighted by Gasteiger charge is -2.25. The molecule has 5 heteroatoms. The SMILES string of the molecule is CCC(N)C(Oc1cc(F)cc(F)c1)c1ccccc1Br. The molecule has 0 saturated carbocycles. The lowest BCUT2D eigenvalue weighted by Crippen LogP contribution is -2.31. The summed E-state index contributed by atoms with van der Waals surface area (Å²) in [7, 11) is 0. The maximum absolute atomic E-state index is 13.3. The second kappa shape index (κ2) is 7.00. The summed E-state index contributed by atoms with van der Waals surface area (Å²) in [6.45, 7) is 1.93. The van der Waals surface area contributed by atoms with Crippen LogP contribution < -0.4 is 10.5 Å². The van der Waals surface area contributed by atoms with E-state index in [1.54, 1.807) is 0 Å². The molecule has 2 rings (SSSR count). The molecule has 2 N–H and O–H groups in total. The van der Waals surface area contributed by atoms with Crippen LogP contribution in [0.3, 0.4) is 0 Å². The lowest BCUT2D eigenvalue weighted by atomic mass is 10.0. The van der Waals surface area contributed by atoms with E-state index in [0.29, 0.717) is 6.42 Å². The molecule has 2 unspecified atom stereocenters. The molecule has 0 aliphatic rings. The minimum Gasteiger partial charge on any atom is -0.484 e. The summed E-state index contributed by atoms with van der Waals surface area (Å²) < 4.78 is 33.2. The molecule has 21 heavy (non-hydrogen) atoms. The van der Waals surface area contributed by atoms with Gasteiger partial charge in [0.15, 0.2) is 0 Å². The summed E-state index contributed by atoms with van der Waals surface area (Å²) in [6.07, 6.45) is 0.177. The van der Waals surface area contributed by atoms with Gasteiger partial charge in [0.1, 0.15) is 23.5 Å². The van der Waals surface area contributed by atoms with E-state index in [2.05, 4.69) is 15.9 Å². The first-order chi connectivity index (χ1) is 10.0. The van der Waals surface area contributed by atoms with E-state index in [4.69, 9.17) is 10.5 Å². The van der Waals surface area contributed by atoms with Gasteiger partial charge in [-0.05, 0) is 12.5 Å². The molecule has 0 aliphatic carbocycles. The Morgan fingerprint density at radius 1 is 1.14 bits per heavy atom. The summed E-state index contributed by atoms with van der Waals surface area (Å²) >= 11 is 3.45. The van der Waals surface area contributed by atoms with Crippen LogP contribution in [0.4, 0.5) is 8.78 Å². The van der Waals surface area contributed by atoms with Gasteiger partial charge < -0.3 is 10.5 Å². The van der Waals surface area contributed by atoms with Crippen molar-refractivity contribution in [3.8, 4) is 5.75 Å². The number of benzene rings is 2. The Morgan fingerprint density at radius 2 is 1.76 bits per heavy atom. The molecule has 2 aromatic carbocycles. The van der Waals surface area contributed by atoms with Crippen molar-refractivity contribution < 1.29 is 13.5 Å². The Bertz CT molecular complexity index is 601. The highest BCUT2D eigenvalue weighted by atomic mass is 79.9. The second-order valence-electron chi connectivity index (χ2n) is 4.74. The van der Waals surface area contributed by atoms with Gasteiger partial charge in [-0.25, -0.2) is 8.78 Å². The van der Waals surface area contributed by atoms with E-state index in [-0.39, 0.29) is 11.8 Å². The fourth-order valence-electron chi connectivity index (χ4n) is 2.04. The van der Waals surface area contributed by atoms with Crippen LogP contribution in [0, 0.1) is 11.6 Å². The maximum atomic E-state index is 13.3. The minimum atomic E-state index is -0.680. The molecule has 112 valence electrons. The fraction of sp³-hybridized carbons (Fsp3) is 0.250. The molecule has 2 aromatic rings. The van der Waals surface area contributed by atoms with Crippen LogP contribution >= 0.6 is 15.9 Å². The van der Waals surface area contributed by atoms with Crippen molar-refractivity contribution in [2.24, 2.45) is 5.73 Å². The van der Waals surface area contributed by atoms with Crippen molar-refractivity contribution in [2.75, 3.05) is 0 Å². The van der Waals surface area contributed by atoms with Crippen LogP contribution in [0.2, 0.25) is 0 Å². The summed E-state index contributed by atoms with van der Waals surface area (Å²) in [5, 5.41) is 0. The third kappa shape index (κ3) is 4.02. The Balaban J connectivity index is 2.35. The molecule has 0 radical (unpaired) electrons. The minimum absolute atomic E-state index is 0.122. The smallest absolute Gasteiger partial charge is 0.140 e. The van der Waals surface area contributed by atoms with Crippen molar-refractivity contribution >= 4 is 15.9 Å². The molecule has 0 bridgehead atoms. The Kier molecular flexibility index (Phi) is 5.31. The van der Waals surface area contributed by atoms with Crippen molar-refractivity contribution in [3.63, 3.8) is 0 Å². The van der Waals surface area contributed by atoms with E-state index < -0.39 is 17.7 Å². The lowest BCUT2D eigenvalue weighted by molar-refractivity contribution is 0.169. The maximum Gasteiger partial charge on any atom is 0.140 e. The van der Waals surface area contributed by atoms with E-state index in [9.17, 15) is 8.78 Å². The monoisotopic (exact) mass is 355 g/mol. The quantitative estimate of drug-likeness (QED) is 0.851. The molecule has 2 nitrogen and oxygen atoms in total. The number of halogens is 3. The number of hydrogen-bond acceptors (Lipinski definition) is 2. The molecule has 0 heterocycles. The zero-order chi connectivity index (χ0) is 15.4. The number of hydrogen-bond donors (Lipinski definition) is 1.